The molecule has 1 aliphatic rings. The molecule has 1 heterocycles. The molecule has 164 valence electrons. The molecule has 1 aliphatic heterocycles. The molecule has 1 unspecified atom stereocenters. The van der Waals surface area contributed by atoms with Gasteiger partial charge in [0.1, 0.15) is 0 Å². The Labute approximate surface area is 170 Å². The van der Waals surface area contributed by atoms with Gasteiger partial charge in [-0.25, -0.2) is 8.42 Å². The van der Waals surface area contributed by atoms with Crippen molar-refractivity contribution in [1.29, 1.82) is 0 Å². The molecule has 0 spiro atoms. The number of nitrogens with zero attached hydrogens (tertiary/aromatic N) is 2. The van der Waals surface area contributed by atoms with Crippen LogP contribution in [0.15, 0.2) is 29.3 Å². The minimum Gasteiger partial charge on any atom is -0.357 e. The van der Waals surface area contributed by atoms with Gasteiger partial charge in [-0.3, -0.25) is 9.89 Å². The molecule has 1 aromatic carbocycles. The number of halogens is 3. The molecule has 0 aromatic heterocycles. The van der Waals surface area contributed by atoms with E-state index in [0.717, 1.165) is 37.2 Å². The van der Waals surface area contributed by atoms with Crippen LogP contribution in [-0.4, -0.2) is 63.0 Å². The SMILES string of the molecule is CCNC(=NCCS(=O)(=O)CC)NC1CCN(Cc2ccc(C(F)(F)F)cc2)C1. The van der Waals surface area contributed by atoms with Gasteiger partial charge in [0.05, 0.1) is 17.9 Å². The van der Waals surface area contributed by atoms with Crippen molar-refractivity contribution in [3.63, 3.8) is 0 Å². The van der Waals surface area contributed by atoms with E-state index in [-0.39, 0.29) is 24.1 Å². The van der Waals surface area contributed by atoms with Crippen LogP contribution in [0.2, 0.25) is 0 Å². The highest BCUT2D eigenvalue weighted by molar-refractivity contribution is 7.91. The normalized spacial score (nSPS) is 18.8. The summed E-state index contributed by atoms with van der Waals surface area (Å²) in [6, 6.07) is 5.40. The number of benzene rings is 1. The summed E-state index contributed by atoms with van der Waals surface area (Å²) in [5, 5.41) is 6.44. The number of likely N-dealkylation sites (tertiary alicyclic amines) is 1. The number of hydrogen-bond donors (Lipinski definition) is 2. The maximum Gasteiger partial charge on any atom is 0.416 e. The summed E-state index contributed by atoms with van der Waals surface area (Å²) in [6.45, 7) is 6.55. The zero-order chi connectivity index (χ0) is 21.5. The molecule has 1 atom stereocenters. The summed E-state index contributed by atoms with van der Waals surface area (Å²) < 4.78 is 61.2. The predicted molar refractivity (Wildman–Crippen MR) is 109 cm³/mol. The van der Waals surface area contributed by atoms with Crippen LogP contribution in [0, 0.1) is 0 Å². The highest BCUT2D eigenvalue weighted by Crippen LogP contribution is 2.29. The van der Waals surface area contributed by atoms with Crippen LogP contribution in [0.25, 0.3) is 0 Å². The second-order valence-corrected chi connectivity index (χ2v) is 9.53. The molecule has 1 fully saturated rings. The van der Waals surface area contributed by atoms with Crippen LogP contribution in [0.5, 0.6) is 0 Å². The number of hydrogen-bond acceptors (Lipinski definition) is 4. The average Bonchev–Trinajstić information content (AvgIpc) is 3.08. The van der Waals surface area contributed by atoms with Crippen LogP contribution < -0.4 is 10.6 Å². The van der Waals surface area contributed by atoms with E-state index >= 15 is 0 Å². The number of guanidine groups is 1. The van der Waals surface area contributed by atoms with E-state index in [2.05, 4.69) is 20.5 Å². The Hall–Kier alpha value is -1.81. The summed E-state index contributed by atoms with van der Waals surface area (Å²) in [6.07, 6.45) is -3.45. The molecule has 0 amide bonds. The molecule has 10 heteroatoms. The van der Waals surface area contributed by atoms with Crippen LogP contribution in [0.1, 0.15) is 31.4 Å². The topological polar surface area (TPSA) is 73.8 Å². The predicted octanol–water partition coefficient (Wildman–Crippen LogP) is 2.27. The van der Waals surface area contributed by atoms with E-state index in [4.69, 9.17) is 0 Å². The van der Waals surface area contributed by atoms with Crippen LogP contribution >= 0.6 is 0 Å². The number of alkyl halides is 3. The first kappa shape index (κ1) is 23.5. The molecular weight excluding hydrogens is 405 g/mol. The Bertz CT molecular complexity index is 780. The summed E-state index contributed by atoms with van der Waals surface area (Å²) in [4.78, 5) is 6.51. The fourth-order valence-corrected chi connectivity index (χ4v) is 3.76. The van der Waals surface area contributed by atoms with Gasteiger partial charge in [0.25, 0.3) is 0 Å². The summed E-state index contributed by atoms with van der Waals surface area (Å²) in [7, 11) is -3.05. The van der Waals surface area contributed by atoms with Crippen molar-refractivity contribution < 1.29 is 21.6 Å². The van der Waals surface area contributed by atoms with Gasteiger partial charge < -0.3 is 10.6 Å². The standard InChI is InChI=1S/C19H29F3N4O2S/c1-3-23-18(24-10-12-29(27,28)4-2)25-17-9-11-26(14-17)13-15-5-7-16(8-6-15)19(20,21)22/h5-8,17H,3-4,9-14H2,1-2H3,(H2,23,24,25). The van der Waals surface area contributed by atoms with Crippen molar-refractivity contribution in [1.82, 2.24) is 15.5 Å². The molecule has 2 N–H and O–H groups in total. The van der Waals surface area contributed by atoms with Crippen molar-refractivity contribution in [2.24, 2.45) is 4.99 Å². The molecule has 6 nitrogen and oxygen atoms in total. The molecule has 1 aromatic rings. The minimum absolute atomic E-state index is 0.0186. The monoisotopic (exact) mass is 434 g/mol. The Balaban J connectivity index is 1.87. The molecule has 0 aliphatic carbocycles. The van der Waals surface area contributed by atoms with Gasteiger partial charge in [0.2, 0.25) is 0 Å². The molecule has 1 saturated heterocycles. The first-order valence-corrected chi connectivity index (χ1v) is 11.6. The van der Waals surface area contributed by atoms with E-state index in [1.54, 1.807) is 6.92 Å². The third-order valence-electron chi connectivity index (χ3n) is 4.76. The highest BCUT2D eigenvalue weighted by atomic mass is 32.2. The third kappa shape index (κ3) is 7.85. The molecule has 2 rings (SSSR count). The van der Waals surface area contributed by atoms with Crippen molar-refractivity contribution >= 4 is 15.8 Å². The Kier molecular flexibility index (Phi) is 8.33. The quantitative estimate of drug-likeness (QED) is 0.485. The zero-order valence-electron chi connectivity index (χ0n) is 16.8. The van der Waals surface area contributed by atoms with Crippen LogP contribution in [0.4, 0.5) is 13.2 Å². The first-order chi connectivity index (χ1) is 13.6. The summed E-state index contributed by atoms with van der Waals surface area (Å²) >= 11 is 0. The highest BCUT2D eigenvalue weighted by Gasteiger charge is 2.30. The van der Waals surface area contributed by atoms with Gasteiger partial charge in [-0.05, 0) is 31.0 Å². The molecule has 0 bridgehead atoms. The second kappa shape index (κ2) is 10.3. The largest absolute Gasteiger partial charge is 0.416 e. The zero-order valence-corrected chi connectivity index (χ0v) is 17.6. The van der Waals surface area contributed by atoms with Crippen LogP contribution in [-0.2, 0) is 22.6 Å². The Morgan fingerprint density at radius 2 is 1.93 bits per heavy atom. The lowest BCUT2D eigenvalue weighted by molar-refractivity contribution is -0.137. The Morgan fingerprint density at radius 3 is 2.52 bits per heavy atom. The van der Waals surface area contributed by atoms with Crippen molar-refractivity contribution in [2.45, 2.75) is 39.0 Å². The van der Waals surface area contributed by atoms with E-state index in [9.17, 15) is 21.6 Å². The smallest absolute Gasteiger partial charge is 0.357 e. The van der Waals surface area contributed by atoms with Gasteiger partial charge in [-0.15, -0.1) is 0 Å². The maximum absolute atomic E-state index is 12.7. The third-order valence-corrected chi connectivity index (χ3v) is 6.44. The van der Waals surface area contributed by atoms with Crippen molar-refractivity contribution in [2.75, 3.05) is 37.7 Å². The number of rotatable bonds is 8. The number of nitrogens with one attached hydrogen (secondary N) is 2. The fraction of sp³-hybridized carbons (Fsp3) is 0.632. The first-order valence-electron chi connectivity index (χ1n) is 9.76. The number of sulfone groups is 1. The van der Waals surface area contributed by atoms with Gasteiger partial charge in [0.15, 0.2) is 15.8 Å². The molecule has 29 heavy (non-hydrogen) atoms. The van der Waals surface area contributed by atoms with E-state index in [1.807, 2.05) is 6.92 Å². The fourth-order valence-electron chi connectivity index (χ4n) is 3.11. The van der Waals surface area contributed by atoms with Gasteiger partial charge >= 0.3 is 6.18 Å². The second-order valence-electron chi connectivity index (χ2n) is 7.06. The van der Waals surface area contributed by atoms with Gasteiger partial charge in [-0.2, -0.15) is 13.2 Å². The maximum atomic E-state index is 12.7. The van der Waals surface area contributed by atoms with Crippen molar-refractivity contribution in [3.8, 4) is 0 Å². The van der Waals surface area contributed by atoms with Crippen LogP contribution in [0.3, 0.4) is 0 Å². The lowest BCUT2D eigenvalue weighted by Crippen LogP contribution is -2.44. The summed E-state index contributed by atoms with van der Waals surface area (Å²) in [5.74, 6) is 0.707. The summed E-state index contributed by atoms with van der Waals surface area (Å²) in [5.41, 5.74) is 0.197. The van der Waals surface area contributed by atoms with E-state index in [0.29, 0.717) is 19.0 Å². The molecular formula is C19H29F3N4O2S. The lowest BCUT2D eigenvalue weighted by Gasteiger charge is -2.19. The van der Waals surface area contributed by atoms with Gasteiger partial charge in [-0.1, -0.05) is 19.1 Å². The molecule has 0 saturated carbocycles. The average molecular weight is 435 g/mol. The molecule has 0 radical (unpaired) electrons. The minimum atomic E-state index is -4.32. The number of aliphatic imine (C=N–C) groups is 1. The van der Waals surface area contributed by atoms with E-state index < -0.39 is 21.6 Å². The van der Waals surface area contributed by atoms with E-state index in [1.165, 1.54) is 12.1 Å². The lowest BCUT2D eigenvalue weighted by atomic mass is 10.1. The Morgan fingerprint density at radius 1 is 1.24 bits per heavy atom. The van der Waals surface area contributed by atoms with Crippen molar-refractivity contribution in [3.05, 3.63) is 35.4 Å². The van der Waals surface area contributed by atoms with Gasteiger partial charge in [0, 0.05) is 38.0 Å².